The van der Waals surface area contributed by atoms with E-state index < -0.39 is 21.0 Å². The van der Waals surface area contributed by atoms with E-state index in [1.165, 1.54) is 24.0 Å². The Labute approximate surface area is 134 Å². The predicted molar refractivity (Wildman–Crippen MR) is 88.8 cm³/mol. The first kappa shape index (κ1) is 18.1. The van der Waals surface area contributed by atoms with E-state index in [0.717, 1.165) is 6.26 Å². The van der Waals surface area contributed by atoms with Gasteiger partial charge in [0.15, 0.2) is 15.0 Å². The molecule has 1 heterocycles. The van der Waals surface area contributed by atoms with Gasteiger partial charge in [-0.2, -0.15) is 5.10 Å². The summed E-state index contributed by atoms with van der Waals surface area (Å²) in [7, 11) is -3.49. The zero-order valence-electron chi connectivity index (χ0n) is 12.4. The second kappa shape index (κ2) is 7.37. The van der Waals surface area contributed by atoms with Gasteiger partial charge in [-0.15, -0.1) is 0 Å². The molecule has 1 unspecified atom stereocenters. The zero-order chi connectivity index (χ0) is 16.9. The van der Waals surface area contributed by atoms with Crippen molar-refractivity contribution in [1.29, 1.82) is 0 Å². The number of allylic oxidation sites excluding steroid dienone is 2. The highest BCUT2D eigenvalue weighted by molar-refractivity contribution is 7.92. The van der Waals surface area contributed by atoms with E-state index in [1.807, 2.05) is 6.92 Å². The standard InChI is InChI=1S/C13H17ClN4O3S/c1-5-6-15-7-9(2)18-8-11(12(14)17-18)16-13(19)10(3)22(4,20)21/h5-8,10H,2H2,1,3-4H3,(H,16,19)/b6-5-,15-7-. The lowest BCUT2D eigenvalue weighted by Gasteiger charge is -2.08. The normalized spacial score (nSPS) is 13.6. The van der Waals surface area contributed by atoms with Crippen LogP contribution in [0.1, 0.15) is 13.8 Å². The average Bonchev–Trinajstić information content (AvgIpc) is 2.78. The van der Waals surface area contributed by atoms with Crippen molar-refractivity contribution in [1.82, 2.24) is 9.78 Å². The molecule has 0 aliphatic carbocycles. The van der Waals surface area contributed by atoms with Crippen molar-refractivity contribution in [2.24, 2.45) is 4.99 Å². The monoisotopic (exact) mass is 344 g/mol. The molecule has 0 aliphatic rings. The van der Waals surface area contributed by atoms with E-state index in [9.17, 15) is 13.2 Å². The number of hydrogen-bond donors (Lipinski definition) is 1. The number of carbonyl (C=O) groups excluding carboxylic acids is 1. The molecule has 7 nitrogen and oxygen atoms in total. The molecule has 1 aromatic heterocycles. The Hall–Kier alpha value is -1.93. The molecule has 1 N–H and O–H groups in total. The number of halogens is 1. The third kappa shape index (κ3) is 4.81. The Morgan fingerprint density at radius 3 is 2.77 bits per heavy atom. The lowest BCUT2D eigenvalue weighted by molar-refractivity contribution is -0.115. The molecular formula is C13H17ClN4O3S. The van der Waals surface area contributed by atoms with Crippen LogP contribution < -0.4 is 5.32 Å². The van der Waals surface area contributed by atoms with Crippen molar-refractivity contribution in [3.8, 4) is 0 Å². The quantitative estimate of drug-likeness (QED) is 0.798. The molecule has 0 bridgehead atoms. The molecule has 0 aromatic carbocycles. The fourth-order valence-electron chi connectivity index (χ4n) is 1.29. The van der Waals surface area contributed by atoms with Crippen LogP contribution in [0.4, 0.5) is 5.69 Å². The van der Waals surface area contributed by atoms with Gasteiger partial charge in [-0.1, -0.05) is 24.3 Å². The molecule has 1 rings (SSSR count). The molecule has 0 fully saturated rings. The summed E-state index contributed by atoms with van der Waals surface area (Å²) in [5.74, 6) is -0.683. The van der Waals surface area contributed by atoms with Crippen LogP contribution in [0.2, 0.25) is 5.15 Å². The first-order valence-corrected chi connectivity index (χ1v) is 8.58. The van der Waals surface area contributed by atoms with Crippen LogP contribution in [0.5, 0.6) is 0 Å². The molecule has 120 valence electrons. The SMILES string of the molecule is C=C(/C=N\C=C/C)n1cc(NC(=O)C(C)S(C)(=O)=O)c(Cl)n1. The number of nitrogens with one attached hydrogen (secondary N) is 1. The molecule has 22 heavy (non-hydrogen) atoms. The smallest absolute Gasteiger partial charge is 0.242 e. The number of amides is 1. The van der Waals surface area contributed by atoms with Gasteiger partial charge in [0.2, 0.25) is 5.91 Å². The predicted octanol–water partition coefficient (Wildman–Crippen LogP) is 1.98. The van der Waals surface area contributed by atoms with E-state index in [1.54, 1.807) is 12.3 Å². The number of nitrogens with zero attached hydrogens (tertiary/aromatic N) is 3. The Balaban J connectivity index is 2.91. The van der Waals surface area contributed by atoms with Crippen LogP contribution >= 0.6 is 11.6 Å². The number of anilines is 1. The Kier molecular flexibility index (Phi) is 6.07. The summed E-state index contributed by atoms with van der Waals surface area (Å²) in [4.78, 5) is 15.8. The van der Waals surface area contributed by atoms with Crippen molar-refractivity contribution in [3.05, 3.63) is 30.2 Å². The van der Waals surface area contributed by atoms with Crippen LogP contribution in [0.25, 0.3) is 5.70 Å². The number of aromatic nitrogens is 2. The summed E-state index contributed by atoms with van der Waals surface area (Å²) in [6.45, 7) is 6.87. The summed E-state index contributed by atoms with van der Waals surface area (Å²) in [6.07, 6.45) is 7.21. The Morgan fingerprint density at radius 1 is 1.59 bits per heavy atom. The minimum Gasteiger partial charge on any atom is -0.321 e. The lowest BCUT2D eigenvalue weighted by atomic mass is 10.4. The van der Waals surface area contributed by atoms with Crippen LogP contribution in [0.3, 0.4) is 0 Å². The number of sulfone groups is 1. The Morgan fingerprint density at radius 2 is 2.23 bits per heavy atom. The largest absolute Gasteiger partial charge is 0.321 e. The molecular weight excluding hydrogens is 328 g/mol. The minimum atomic E-state index is -3.49. The van der Waals surface area contributed by atoms with Crippen molar-refractivity contribution >= 4 is 44.9 Å². The van der Waals surface area contributed by atoms with Gasteiger partial charge in [0.1, 0.15) is 5.25 Å². The summed E-state index contributed by atoms with van der Waals surface area (Å²) >= 11 is 5.92. The van der Waals surface area contributed by atoms with Gasteiger partial charge in [-0.05, 0) is 13.8 Å². The third-order valence-corrected chi connectivity index (χ3v) is 4.47. The number of hydrogen-bond acceptors (Lipinski definition) is 5. The highest BCUT2D eigenvalue weighted by Gasteiger charge is 2.24. The van der Waals surface area contributed by atoms with Gasteiger partial charge in [-0.25, -0.2) is 13.1 Å². The summed E-state index contributed by atoms with van der Waals surface area (Å²) in [5.41, 5.74) is 0.624. The highest BCUT2D eigenvalue weighted by Crippen LogP contribution is 2.21. The van der Waals surface area contributed by atoms with Crippen LogP contribution in [0, 0.1) is 0 Å². The van der Waals surface area contributed by atoms with Crippen LogP contribution in [-0.2, 0) is 14.6 Å². The summed E-state index contributed by atoms with van der Waals surface area (Å²) in [5, 5.41) is 5.23. The van der Waals surface area contributed by atoms with E-state index in [4.69, 9.17) is 11.6 Å². The number of aliphatic imine (C=N–C) groups is 1. The Bertz CT molecular complexity index is 734. The minimum absolute atomic E-state index is 0.0228. The molecule has 0 aliphatic heterocycles. The maximum Gasteiger partial charge on any atom is 0.242 e. The van der Waals surface area contributed by atoms with Crippen molar-refractivity contribution in [2.75, 3.05) is 11.6 Å². The van der Waals surface area contributed by atoms with Gasteiger partial charge in [0.05, 0.1) is 23.8 Å². The molecule has 1 aromatic rings. The van der Waals surface area contributed by atoms with Crippen molar-refractivity contribution in [3.63, 3.8) is 0 Å². The molecule has 0 saturated carbocycles. The van der Waals surface area contributed by atoms with Gasteiger partial charge < -0.3 is 5.32 Å². The van der Waals surface area contributed by atoms with E-state index in [-0.39, 0.29) is 10.8 Å². The van der Waals surface area contributed by atoms with Gasteiger partial charge in [-0.3, -0.25) is 9.79 Å². The summed E-state index contributed by atoms with van der Waals surface area (Å²) < 4.78 is 24.0. The second-order valence-corrected chi connectivity index (χ2v) is 7.22. The fraction of sp³-hybridized carbons (Fsp3) is 0.308. The fourth-order valence-corrected chi connectivity index (χ4v) is 1.91. The van der Waals surface area contributed by atoms with Gasteiger partial charge in [0, 0.05) is 12.5 Å². The first-order chi connectivity index (χ1) is 10.2. The molecule has 0 spiro atoms. The highest BCUT2D eigenvalue weighted by atomic mass is 35.5. The van der Waals surface area contributed by atoms with Gasteiger partial charge >= 0.3 is 0 Å². The molecule has 0 saturated heterocycles. The second-order valence-electron chi connectivity index (χ2n) is 4.49. The van der Waals surface area contributed by atoms with Gasteiger partial charge in [0.25, 0.3) is 0 Å². The number of rotatable bonds is 6. The van der Waals surface area contributed by atoms with E-state index in [2.05, 4.69) is 22.0 Å². The molecule has 9 heteroatoms. The van der Waals surface area contributed by atoms with Crippen LogP contribution in [0.15, 0.2) is 30.0 Å². The maximum atomic E-state index is 11.9. The topological polar surface area (TPSA) is 93.4 Å². The lowest BCUT2D eigenvalue weighted by Crippen LogP contribution is -2.31. The van der Waals surface area contributed by atoms with Crippen molar-refractivity contribution < 1.29 is 13.2 Å². The van der Waals surface area contributed by atoms with E-state index >= 15 is 0 Å². The molecule has 1 atom stereocenters. The van der Waals surface area contributed by atoms with Crippen molar-refractivity contribution in [2.45, 2.75) is 19.1 Å². The molecule has 1 amide bonds. The third-order valence-electron chi connectivity index (χ3n) is 2.69. The average molecular weight is 345 g/mol. The number of carbonyl (C=O) groups is 1. The maximum absolute atomic E-state index is 11.9. The summed E-state index contributed by atoms with van der Waals surface area (Å²) in [6, 6.07) is 0. The molecule has 0 radical (unpaired) electrons. The first-order valence-electron chi connectivity index (χ1n) is 6.25. The zero-order valence-corrected chi connectivity index (χ0v) is 14.0. The van der Waals surface area contributed by atoms with Crippen LogP contribution in [-0.4, -0.2) is 41.8 Å². The van der Waals surface area contributed by atoms with E-state index in [0.29, 0.717) is 5.70 Å².